The maximum atomic E-state index is 12.0. The first-order chi connectivity index (χ1) is 11.0. The van der Waals surface area contributed by atoms with Crippen molar-refractivity contribution in [2.24, 2.45) is 0 Å². The fourth-order valence-corrected chi connectivity index (χ4v) is 1.86. The monoisotopic (exact) mass is 323 g/mol. The Morgan fingerprint density at radius 1 is 1.17 bits per heavy atom. The summed E-state index contributed by atoms with van der Waals surface area (Å²) in [6, 6.07) is 5.53. The average molecular weight is 323 g/mol. The Kier molecular flexibility index (Phi) is 7.76. The van der Waals surface area contributed by atoms with Crippen LogP contribution in [0.25, 0.3) is 0 Å². The molecule has 0 fully saturated rings. The minimum absolute atomic E-state index is 0.000857. The highest BCUT2D eigenvalue weighted by Gasteiger charge is 2.20. The molecule has 0 heterocycles. The number of hydrogen-bond donors (Lipinski definition) is 2. The Morgan fingerprint density at radius 3 is 2.35 bits per heavy atom. The fourth-order valence-electron chi connectivity index (χ4n) is 1.86. The van der Waals surface area contributed by atoms with E-state index in [2.05, 4.69) is 10.1 Å². The first-order valence-corrected chi connectivity index (χ1v) is 7.25. The third-order valence-electron chi connectivity index (χ3n) is 3.07. The molecule has 0 saturated carbocycles. The van der Waals surface area contributed by atoms with Crippen molar-refractivity contribution in [2.45, 2.75) is 25.8 Å². The number of hydrogen-bond acceptors (Lipinski definition) is 6. The van der Waals surface area contributed by atoms with Gasteiger partial charge >= 0.3 is 5.97 Å². The van der Waals surface area contributed by atoms with E-state index in [1.807, 2.05) is 6.92 Å². The zero-order valence-electron chi connectivity index (χ0n) is 13.2. The van der Waals surface area contributed by atoms with Crippen LogP contribution in [-0.4, -0.2) is 49.1 Å². The Bertz CT molecular complexity index is 540. The third-order valence-corrected chi connectivity index (χ3v) is 3.07. The summed E-state index contributed by atoms with van der Waals surface area (Å²) in [7, 11) is 1.16. The van der Waals surface area contributed by atoms with Gasteiger partial charge in [-0.15, -0.1) is 0 Å². The van der Waals surface area contributed by atoms with Crippen molar-refractivity contribution in [1.82, 2.24) is 5.32 Å². The Balaban J connectivity index is 2.48. The lowest BCUT2D eigenvalue weighted by Crippen LogP contribution is -2.44. The second-order valence-corrected chi connectivity index (χ2v) is 4.71. The van der Waals surface area contributed by atoms with E-state index in [-0.39, 0.29) is 18.6 Å². The van der Waals surface area contributed by atoms with Crippen molar-refractivity contribution in [3.63, 3.8) is 0 Å². The first-order valence-electron chi connectivity index (χ1n) is 7.25. The molecule has 0 bridgehead atoms. The summed E-state index contributed by atoms with van der Waals surface area (Å²) in [6.07, 6.45) is -0.0846. The van der Waals surface area contributed by atoms with Gasteiger partial charge in [-0.2, -0.15) is 0 Å². The van der Waals surface area contributed by atoms with Crippen LogP contribution in [0.2, 0.25) is 0 Å². The molecule has 0 radical (unpaired) electrons. The quantitative estimate of drug-likeness (QED) is 0.512. The predicted molar refractivity (Wildman–Crippen MR) is 82.2 cm³/mol. The van der Waals surface area contributed by atoms with Gasteiger partial charge in [0.05, 0.1) is 20.3 Å². The van der Waals surface area contributed by atoms with Gasteiger partial charge in [0.1, 0.15) is 5.75 Å². The number of ether oxygens (including phenoxy) is 2. The van der Waals surface area contributed by atoms with Crippen molar-refractivity contribution in [2.75, 3.05) is 20.3 Å². The molecule has 1 atom stereocenters. The number of amides is 1. The summed E-state index contributed by atoms with van der Waals surface area (Å²) < 4.78 is 9.72. The van der Waals surface area contributed by atoms with Gasteiger partial charge in [0.15, 0.2) is 11.8 Å². The summed E-state index contributed by atoms with van der Waals surface area (Å²) in [4.78, 5) is 35.0. The summed E-state index contributed by atoms with van der Waals surface area (Å²) in [6.45, 7) is 1.84. The molecule has 1 aromatic carbocycles. The molecular formula is C16H21NO6. The van der Waals surface area contributed by atoms with E-state index < -0.39 is 24.5 Å². The Hall–Kier alpha value is -2.41. The molecule has 126 valence electrons. The van der Waals surface area contributed by atoms with Crippen LogP contribution in [0.1, 0.15) is 30.1 Å². The number of ketones is 1. The van der Waals surface area contributed by atoms with Gasteiger partial charge < -0.3 is 19.9 Å². The molecule has 1 aromatic rings. The first kappa shape index (κ1) is 18.6. The molecule has 2 N–H and O–H groups in total. The van der Waals surface area contributed by atoms with Gasteiger partial charge in [0.25, 0.3) is 0 Å². The summed E-state index contributed by atoms with van der Waals surface area (Å²) in [5.74, 6) is -0.764. The van der Waals surface area contributed by atoms with Crippen molar-refractivity contribution in [3.05, 3.63) is 29.8 Å². The minimum Gasteiger partial charge on any atom is -0.494 e. The number of rotatable bonds is 9. The largest absolute Gasteiger partial charge is 0.494 e. The van der Waals surface area contributed by atoms with Crippen LogP contribution in [-0.2, 0) is 14.3 Å². The van der Waals surface area contributed by atoms with Crippen LogP contribution in [0.5, 0.6) is 5.75 Å². The number of aliphatic hydroxyl groups is 1. The van der Waals surface area contributed by atoms with E-state index in [1.165, 1.54) is 0 Å². The lowest BCUT2D eigenvalue weighted by Gasteiger charge is -2.13. The molecule has 0 aliphatic rings. The van der Waals surface area contributed by atoms with Gasteiger partial charge in [-0.3, -0.25) is 9.59 Å². The van der Waals surface area contributed by atoms with Crippen LogP contribution in [0, 0.1) is 0 Å². The van der Waals surface area contributed by atoms with Crippen LogP contribution in [0.15, 0.2) is 24.3 Å². The summed E-state index contributed by atoms with van der Waals surface area (Å²) in [5.41, 5.74) is 0.480. The van der Waals surface area contributed by atoms with Crippen molar-refractivity contribution >= 4 is 17.7 Å². The maximum Gasteiger partial charge on any atom is 0.330 e. The van der Waals surface area contributed by atoms with Crippen molar-refractivity contribution in [1.29, 1.82) is 0 Å². The standard InChI is InChI=1S/C16H21NO6/c1-3-23-12-6-4-11(5-7-12)14(19)8-9-15(20)17-13(10-18)16(21)22-2/h4-7,13,18H,3,8-10H2,1-2H3,(H,17,20)/t13-/m1/s1. The molecule has 0 aliphatic heterocycles. The van der Waals surface area contributed by atoms with E-state index in [1.54, 1.807) is 24.3 Å². The molecule has 1 rings (SSSR count). The number of carbonyl (C=O) groups is 3. The Morgan fingerprint density at radius 2 is 1.83 bits per heavy atom. The topological polar surface area (TPSA) is 102 Å². The van der Waals surface area contributed by atoms with Gasteiger partial charge in [-0.25, -0.2) is 4.79 Å². The lowest BCUT2D eigenvalue weighted by atomic mass is 10.1. The Labute approximate surface area is 134 Å². The van der Waals surface area contributed by atoms with Gasteiger partial charge in [0.2, 0.25) is 5.91 Å². The van der Waals surface area contributed by atoms with E-state index >= 15 is 0 Å². The molecule has 0 aromatic heterocycles. The molecule has 1 amide bonds. The molecule has 0 spiro atoms. The third kappa shape index (κ3) is 6.07. The SMILES string of the molecule is CCOc1ccc(C(=O)CCC(=O)N[C@H](CO)C(=O)OC)cc1. The normalized spacial score (nSPS) is 11.4. The zero-order chi connectivity index (χ0) is 17.2. The summed E-state index contributed by atoms with van der Waals surface area (Å²) in [5, 5.41) is 11.3. The van der Waals surface area contributed by atoms with E-state index in [0.29, 0.717) is 17.9 Å². The molecule has 0 saturated heterocycles. The van der Waals surface area contributed by atoms with Gasteiger partial charge in [-0.05, 0) is 31.2 Å². The number of esters is 1. The van der Waals surface area contributed by atoms with Crippen molar-refractivity contribution in [3.8, 4) is 5.75 Å². The smallest absolute Gasteiger partial charge is 0.330 e. The van der Waals surface area contributed by atoms with E-state index in [4.69, 9.17) is 9.84 Å². The zero-order valence-corrected chi connectivity index (χ0v) is 13.2. The molecule has 0 aliphatic carbocycles. The van der Waals surface area contributed by atoms with Crippen LogP contribution < -0.4 is 10.1 Å². The maximum absolute atomic E-state index is 12.0. The predicted octanol–water partition coefficient (Wildman–Crippen LogP) is 0.698. The highest BCUT2D eigenvalue weighted by Crippen LogP contribution is 2.14. The number of benzene rings is 1. The van der Waals surface area contributed by atoms with Gasteiger partial charge in [-0.1, -0.05) is 0 Å². The number of methoxy groups -OCH3 is 1. The highest BCUT2D eigenvalue weighted by atomic mass is 16.5. The number of carbonyl (C=O) groups excluding carboxylic acids is 3. The summed E-state index contributed by atoms with van der Waals surface area (Å²) >= 11 is 0. The van der Waals surface area contributed by atoms with Crippen LogP contribution in [0.3, 0.4) is 0 Å². The number of Topliss-reactive ketones (excluding diaryl/α,β-unsaturated/α-hetero) is 1. The average Bonchev–Trinajstić information content (AvgIpc) is 2.57. The molecule has 7 nitrogen and oxygen atoms in total. The lowest BCUT2D eigenvalue weighted by molar-refractivity contribution is -0.146. The number of nitrogens with one attached hydrogen (secondary N) is 1. The second-order valence-electron chi connectivity index (χ2n) is 4.71. The molecule has 0 unspecified atom stereocenters. The molecule has 7 heteroatoms. The van der Waals surface area contributed by atoms with Gasteiger partial charge in [0, 0.05) is 18.4 Å². The minimum atomic E-state index is -1.12. The number of aliphatic hydroxyl groups excluding tert-OH is 1. The second kappa shape index (κ2) is 9.58. The fraction of sp³-hybridized carbons (Fsp3) is 0.438. The van der Waals surface area contributed by atoms with Crippen LogP contribution >= 0.6 is 0 Å². The molecule has 23 heavy (non-hydrogen) atoms. The van der Waals surface area contributed by atoms with E-state index in [0.717, 1.165) is 7.11 Å². The highest BCUT2D eigenvalue weighted by molar-refractivity contribution is 5.98. The van der Waals surface area contributed by atoms with E-state index in [9.17, 15) is 14.4 Å². The molecular weight excluding hydrogens is 302 g/mol. The van der Waals surface area contributed by atoms with Crippen molar-refractivity contribution < 1.29 is 29.0 Å². The van der Waals surface area contributed by atoms with Crippen LogP contribution in [0.4, 0.5) is 0 Å².